The van der Waals surface area contributed by atoms with Gasteiger partial charge in [-0.2, -0.15) is 0 Å². The van der Waals surface area contributed by atoms with E-state index < -0.39 is 5.97 Å². The molecule has 1 aromatic heterocycles. The molecule has 0 unspecified atom stereocenters. The molecule has 0 aliphatic carbocycles. The lowest BCUT2D eigenvalue weighted by molar-refractivity contribution is 0.0474. The van der Waals surface area contributed by atoms with Crippen LogP contribution in [0.3, 0.4) is 0 Å². The Bertz CT molecular complexity index is 1090. The number of Topliss-reactive ketones (excluding diaryl/α,β-unsaturated/α-hetero) is 1. The van der Waals surface area contributed by atoms with Crippen LogP contribution in [0.25, 0.3) is 5.69 Å². The maximum atomic E-state index is 12.7. The molecule has 0 aliphatic rings. The number of hydrogen-bond donors (Lipinski definition) is 0. The van der Waals surface area contributed by atoms with Gasteiger partial charge in [-0.3, -0.25) is 9.59 Å². The molecule has 3 aromatic rings. The number of esters is 1. The largest absolute Gasteiger partial charge is 0.454 e. The number of aldehydes is 1. The summed E-state index contributed by atoms with van der Waals surface area (Å²) < 4.78 is 7.20. The van der Waals surface area contributed by atoms with Crippen LogP contribution in [0.15, 0.2) is 48.5 Å². The minimum atomic E-state index is -0.598. The van der Waals surface area contributed by atoms with Crippen molar-refractivity contribution in [3.8, 4) is 5.69 Å². The molecule has 0 bridgehead atoms. The van der Waals surface area contributed by atoms with E-state index in [9.17, 15) is 14.4 Å². The van der Waals surface area contributed by atoms with Crippen LogP contribution in [0, 0.1) is 27.7 Å². The molecule has 29 heavy (non-hydrogen) atoms. The molecule has 2 aromatic carbocycles. The predicted octanol–water partition coefficient (Wildman–Crippen LogP) is 4.56. The molecule has 1 heterocycles. The Balaban J connectivity index is 1.76. The fourth-order valence-electron chi connectivity index (χ4n) is 3.30. The average molecular weight is 389 g/mol. The summed E-state index contributed by atoms with van der Waals surface area (Å²) in [5, 5.41) is 0. The van der Waals surface area contributed by atoms with Gasteiger partial charge in [-0.05, 0) is 69.2 Å². The SMILES string of the molecule is Cc1ccc(-n2c(C)cc(C(=O)COC(=O)c3ccc(C=O)cc3)c2C)cc1C. The fourth-order valence-corrected chi connectivity index (χ4v) is 3.30. The van der Waals surface area contributed by atoms with Crippen LogP contribution in [-0.4, -0.2) is 29.2 Å². The van der Waals surface area contributed by atoms with E-state index in [4.69, 9.17) is 4.74 Å². The highest BCUT2D eigenvalue weighted by Gasteiger charge is 2.19. The standard InChI is InChI=1S/C24H23NO4/c1-15-5-10-21(11-16(15)2)25-17(3)12-22(18(25)4)23(27)14-29-24(28)20-8-6-19(13-26)7-9-20/h5-13H,14H2,1-4H3. The van der Waals surface area contributed by atoms with E-state index in [1.165, 1.54) is 35.4 Å². The lowest BCUT2D eigenvalue weighted by Crippen LogP contribution is -2.15. The smallest absolute Gasteiger partial charge is 0.338 e. The first-order valence-corrected chi connectivity index (χ1v) is 9.34. The molecule has 0 radical (unpaired) electrons. The van der Waals surface area contributed by atoms with Crippen molar-refractivity contribution in [2.45, 2.75) is 27.7 Å². The minimum absolute atomic E-state index is 0.258. The summed E-state index contributed by atoms with van der Waals surface area (Å²) in [4.78, 5) is 35.5. The maximum absolute atomic E-state index is 12.7. The Morgan fingerprint density at radius 3 is 2.24 bits per heavy atom. The molecular formula is C24H23NO4. The van der Waals surface area contributed by atoms with E-state index in [1.807, 2.05) is 30.5 Å². The molecule has 0 aliphatic heterocycles. The van der Waals surface area contributed by atoms with Crippen molar-refractivity contribution in [1.29, 1.82) is 0 Å². The van der Waals surface area contributed by atoms with Crippen molar-refractivity contribution in [1.82, 2.24) is 4.57 Å². The summed E-state index contributed by atoms with van der Waals surface area (Å²) in [5.41, 5.74) is 6.42. The number of carbonyl (C=O) groups excluding carboxylic acids is 3. The number of hydrogen-bond acceptors (Lipinski definition) is 4. The third-order valence-corrected chi connectivity index (χ3v) is 5.10. The van der Waals surface area contributed by atoms with E-state index in [-0.39, 0.29) is 12.4 Å². The van der Waals surface area contributed by atoms with E-state index in [2.05, 4.69) is 26.0 Å². The Kier molecular flexibility index (Phi) is 5.78. The van der Waals surface area contributed by atoms with Crippen LogP contribution in [0.1, 0.15) is 53.6 Å². The van der Waals surface area contributed by atoms with Gasteiger partial charge in [-0.1, -0.05) is 18.2 Å². The molecule has 5 heteroatoms. The van der Waals surface area contributed by atoms with Crippen LogP contribution in [0.5, 0.6) is 0 Å². The summed E-state index contributed by atoms with van der Waals surface area (Å²) in [5.74, 6) is -0.857. The Hall–Kier alpha value is -3.47. The second kappa shape index (κ2) is 8.27. The lowest BCUT2D eigenvalue weighted by Gasteiger charge is -2.12. The van der Waals surface area contributed by atoms with Gasteiger partial charge >= 0.3 is 5.97 Å². The Morgan fingerprint density at radius 2 is 1.62 bits per heavy atom. The predicted molar refractivity (Wildman–Crippen MR) is 111 cm³/mol. The monoisotopic (exact) mass is 389 g/mol. The topological polar surface area (TPSA) is 65.4 Å². The summed E-state index contributed by atoms with van der Waals surface area (Å²) >= 11 is 0. The minimum Gasteiger partial charge on any atom is -0.454 e. The van der Waals surface area contributed by atoms with Crippen LogP contribution in [0.4, 0.5) is 0 Å². The summed E-state index contributed by atoms with van der Waals surface area (Å²) in [6.45, 7) is 7.60. The maximum Gasteiger partial charge on any atom is 0.338 e. The number of aryl methyl sites for hydroxylation is 3. The molecule has 148 valence electrons. The van der Waals surface area contributed by atoms with Crippen LogP contribution in [0.2, 0.25) is 0 Å². The Morgan fingerprint density at radius 1 is 0.931 bits per heavy atom. The molecule has 0 fully saturated rings. The molecule has 0 N–H and O–H groups in total. The van der Waals surface area contributed by atoms with Crippen molar-refractivity contribution in [2.24, 2.45) is 0 Å². The Labute approximate surface area is 169 Å². The van der Waals surface area contributed by atoms with Crippen molar-refractivity contribution in [2.75, 3.05) is 6.61 Å². The van der Waals surface area contributed by atoms with Crippen LogP contribution >= 0.6 is 0 Å². The summed E-state index contributed by atoms with van der Waals surface area (Å²) in [7, 11) is 0. The lowest BCUT2D eigenvalue weighted by atomic mass is 10.1. The van der Waals surface area contributed by atoms with E-state index >= 15 is 0 Å². The van der Waals surface area contributed by atoms with Crippen molar-refractivity contribution >= 4 is 18.0 Å². The van der Waals surface area contributed by atoms with Gasteiger partial charge in [0.05, 0.1) is 5.56 Å². The van der Waals surface area contributed by atoms with E-state index in [0.717, 1.165) is 17.1 Å². The first-order chi connectivity index (χ1) is 13.8. The normalized spacial score (nSPS) is 10.6. The molecule has 0 saturated carbocycles. The fraction of sp³-hybridized carbons (Fsp3) is 0.208. The van der Waals surface area contributed by atoms with E-state index in [1.54, 1.807) is 0 Å². The molecule has 0 atom stereocenters. The first-order valence-electron chi connectivity index (χ1n) is 9.34. The zero-order valence-corrected chi connectivity index (χ0v) is 17.0. The van der Waals surface area contributed by atoms with Crippen LogP contribution in [-0.2, 0) is 4.74 Å². The molecule has 3 rings (SSSR count). The summed E-state index contributed by atoms with van der Waals surface area (Å²) in [6, 6.07) is 14.1. The zero-order chi connectivity index (χ0) is 21.1. The first kappa shape index (κ1) is 20.3. The summed E-state index contributed by atoms with van der Waals surface area (Å²) in [6.07, 6.45) is 0.698. The van der Waals surface area contributed by atoms with Gasteiger partial charge in [0.1, 0.15) is 6.29 Å². The highest BCUT2D eigenvalue weighted by atomic mass is 16.5. The number of ketones is 1. The molecule has 0 amide bonds. The van der Waals surface area contributed by atoms with Gasteiger partial charge in [0, 0.05) is 28.2 Å². The van der Waals surface area contributed by atoms with Gasteiger partial charge < -0.3 is 9.30 Å². The van der Waals surface area contributed by atoms with Crippen LogP contribution < -0.4 is 0 Å². The number of aromatic nitrogens is 1. The third kappa shape index (κ3) is 4.19. The molecule has 0 saturated heterocycles. The molecule has 0 spiro atoms. The second-order valence-corrected chi connectivity index (χ2v) is 7.13. The van der Waals surface area contributed by atoms with E-state index in [0.29, 0.717) is 23.0 Å². The third-order valence-electron chi connectivity index (χ3n) is 5.10. The van der Waals surface area contributed by atoms with Crippen molar-refractivity contribution < 1.29 is 19.1 Å². The highest BCUT2D eigenvalue weighted by Crippen LogP contribution is 2.23. The average Bonchev–Trinajstić information content (AvgIpc) is 3.02. The number of nitrogens with zero attached hydrogens (tertiary/aromatic N) is 1. The second-order valence-electron chi connectivity index (χ2n) is 7.13. The number of rotatable bonds is 6. The molecule has 5 nitrogen and oxygen atoms in total. The molecular weight excluding hydrogens is 366 g/mol. The van der Waals surface area contributed by atoms with Gasteiger partial charge in [-0.25, -0.2) is 4.79 Å². The van der Waals surface area contributed by atoms with Gasteiger partial charge in [0.15, 0.2) is 6.61 Å². The van der Waals surface area contributed by atoms with Gasteiger partial charge in [0.25, 0.3) is 0 Å². The quantitative estimate of drug-likeness (QED) is 0.352. The number of ether oxygens (including phenoxy) is 1. The van der Waals surface area contributed by atoms with Crippen molar-refractivity contribution in [3.05, 3.63) is 87.7 Å². The van der Waals surface area contributed by atoms with Gasteiger partial charge in [-0.15, -0.1) is 0 Å². The van der Waals surface area contributed by atoms with Gasteiger partial charge in [0.2, 0.25) is 5.78 Å². The number of carbonyl (C=O) groups is 3. The zero-order valence-electron chi connectivity index (χ0n) is 17.0. The van der Waals surface area contributed by atoms with Crippen molar-refractivity contribution in [3.63, 3.8) is 0 Å². The highest BCUT2D eigenvalue weighted by molar-refractivity contribution is 6.00. The number of benzene rings is 2.